The highest BCUT2D eigenvalue weighted by molar-refractivity contribution is 5.91. The van der Waals surface area contributed by atoms with Crippen LogP contribution in [0.4, 0.5) is 0 Å². The molecule has 0 aliphatic rings. The number of carbonyl (C=O) groups excluding carboxylic acids is 2. The summed E-state index contributed by atoms with van der Waals surface area (Å²) < 4.78 is 0. The minimum absolute atomic E-state index is 0.282. The smallest absolute Gasteiger partial charge is 0.225 e. The molecule has 85 valence electrons. The summed E-state index contributed by atoms with van der Waals surface area (Å²) in [5.41, 5.74) is 6.05. The van der Waals surface area contributed by atoms with Crippen molar-refractivity contribution >= 4 is 11.8 Å². The van der Waals surface area contributed by atoms with Gasteiger partial charge in [0.15, 0.2) is 0 Å². The second-order valence-corrected chi connectivity index (χ2v) is 3.56. The number of benzene rings is 1. The van der Waals surface area contributed by atoms with Crippen LogP contribution in [-0.4, -0.2) is 11.8 Å². The third-order valence-electron chi connectivity index (χ3n) is 2.16. The molecule has 0 saturated carbocycles. The maximum atomic E-state index is 11.4. The molecule has 1 rings (SSSR count). The largest absolute Gasteiger partial charge is 0.369 e. The van der Waals surface area contributed by atoms with Crippen LogP contribution in [0.1, 0.15) is 12.5 Å². The van der Waals surface area contributed by atoms with E-state index in [9.17, 15) is 9.59 Å². The van der Waals surface area contributed by atoms with Gasteiger partial charge in [-0.15, -0.1) is 0 Å². The first kappa shape index (κ1) is 12.2. The summed E-state index contributed by atoms with van der Waals surface area (Å²) >= 11 is 0. The molecule has 0 saturated heterocycles. The van der Waals surface area contributed by atoms with Crippen molar-refractivity contribution < 1.29 is 9.59 Å². The van der Waals surface area contributed by atoms with Crippen molar-refractivity contribution in [1.29, 1.82) is 0 Å². The van der Waals surface area contributed by atoms with Crippen LogP contribution in [0, 0.1) is 12.3 Å². The molecule has 0 aliphatic carbocycles. The second kappa shape index (κ2) is 5.90. The minimum atomic E-state index is -0.546. The Hall–Kier alpha value is -1.84. The summed E-state index contributed by atoms with van der Waals surface area (Å²) in [5.74, 6) is -1.33. The summed E-state index contributed by atoms with van der Waals surface area (Å²) in [7, 11) is 0. The molecule has 3 N–H and O–H groups in total. The van der Waals surface area contributed by atoms with Crippen LogP contribution in [0.5, 0.6) is 0 Å². The Morgan fingerprint density at radius 3 is 2.56 bits per heavy atom. The first-order valence-corrected chi connectivity index (χ1v) is 5.05. The molecule has 0 spiro atoms. The van der Waals surface area contributed by atoms with Crippen LogP contribution in [0.15, 0.2) is 30.3 Å². The first-order valence-electron chi connectivity index (χ1n) is 5.05. The quantitative estimate of drug-likeness (QED) is 0.762. The van der Waals surface area contributed by atoms with E-state index in [2.05, 4.69) is 5.32 Å². The van der Waals surface area contributed by atoms with Crippen molar-refractivity contribution in [1.82, 2.24) is 5.32 Å². The number of amides is 2. The van der Waals surface area contributed by atoms with Crippen LogP contribution < -0.4 is 11.1 Å². The third-order valence-corrected chi connectivity index (χ3v) is 2.16. The van der Waals surface area contributed by atoms with Gasteiger partial charge in [-0.3, -0.25) is 9.59 Å². The molecule has 0 heterocycles. The molecule has 0 fully saturated rings. The van der Waals surface area contributed by atoms with Crippen LogP contribution >= 0.6 is 0 Å². The number of primary amides is 1. The van der Waals surface area contributed by atoms with Crippen molar-refractivity contribution in [3.05, 3.63) is 42.3 Å². The Morgan fingerprint density at radius 2 is 2.00 bits per heavy atom. The highest BCUT2D eigenvalue weighted by Crippen LogP contribution is 2.00. The summed E-state index contributed by atoms with van der Waals surface area (Å²) in [6.07, 6.45) is 1.28. The topological polar surface area (TPSA) is 72.2 Å². The third kappa shape index (κ3) is 4.13. The lowest BCUT2D eigenvalue weighted by Gasteiger charge is -2.07. The molecule has 0 aliphatic heterocycles. The van der Waals surface area contributed by atoms with E-state index in [0.29, 0.717) is 6.54 Å². The SMILES string of the molecule is CC([CH]C(=O)NCc1ccccc1)C(N)=O. The Bertz CT molecular complexity index is 363. The van der Waals surface area contributed by atoms with Gasteiger partial charge < -0.3 is 11.1 Å². The molecular weight excluding hydrogens is 204 g/mol. The van der Waals surface area contributed by atoms with Gasteiger partial charge in [0.25, 0.3) is 0 Å². The van der Waals surface area contributed by atoms with Gasteiger partial charge in [0.05, 0.1) is 6.42 Å². The summed E-state index contributed by atoms with van der Waals surface area (Å²) in [6, 6.07) is 9.54. The fraction of sp³-hybridized carbons (Fsp3) is 0.250. The highest BCUT2D eigenvalue weighted by Gasteiger charge is 2.13. The molecule has 1 atom stereocenters. The lowest BCUT2D eigenvalue weighted by Crippen LogP contribution is -2.30. The number of nitrogens with one attached hydrogen (secondary N) is 1. The van der Waals surface area contributed by atoms with E-state index in [4.69, 9.17) is 5.73 Å². The number of rotatable bonds is 5. The Morgan fingerprint density at radius 1 is 1.38 bits per heavy atom. The van der Waals surface area contributed by atoms with Crippen molar-refractivity contribution in [3.8, 4) is 0 Å². The predicted octanol–water partition coefficient (Wildman–Crippen LogP) is 0.628. The van der Waals surface area contributed by atoms with Gasteiger partial charge in [-0.1, -0.05) is 37.3 Å². The van der Waals surface area contributed by atoms with Crippen molar-refractivity contribution in [2.24, 2.45) is 11.7 Å². The van der Waals surface area contributed by atoms with E-state index in [1.807, 2.05) is 30.3 Å². The Labute approximate surface area is 94.8 Å². The molecule has 1 aromatic carbocycles. The van der Waals surface area contributed by atoms with Crippen molar-refractivity contribution in [2.75, 3.05) is 0 Å². The number of carbonyl (C=O) groups is 2. The van der Waals surface area contributed by atoms with E-state index < -0.39 is 11.8 Å². The molecule has 16 heavy (non-hydrogen) atoms. The van der Waals surface area contributed by atoms with Gasteiger partial charge >= 0.3 is 0 Å². The van der Waals surface area contributed by atoms with E-state index in [1.54, 1.807) is 6.92 Å². The van der Waals surface area contributed by atoms with Gasteiger partial charge in [-0.25, -0.2) is 0 Å². The summed E-state index contributed by atoms with van der Waals surface area (Å²) in [6.45, 7) is 2.03. The van der Waals surface area contributed by atoms with Gasteiger partial charge in [-0.2, -0.15) is 0 Å². The molecule has 1 unspecified atom stereocenters. The lowest BCUT2D eigenvalue weighted by atomic mass is 10.1. The van der Waals surface area contributed by atoms with E-state index in [-0.39, 0.29) is 5.91 Å². The van der Waals surface area contributed by atoms with E-state index in [0.717, 1.165) is 5.56 Å². The normalized spacial score (nSPS) is 11.8. The zero-order valence-corrected chi connectivity index (χ0v) is 9.14. The van der Waals surface area contributed by atoms with Gasteiger partial charge in [0.1, 0.15) is 0 Å². The van der Waals surface area contributed by atoms with Crippen LogP contribution in [0.25, 0.3) is 0 Å². The van der Waals surface area contributed by atoms with Crippen molar-refractivity contribution in [2.45, 2.75) is 13.5 Å². The van der Waals surface area contributed by atoms with Gasteiger partial charge in [0, 0.05) is 12.5 Å². The van der Waals surface area contributed by atoms with Gasteiger partial charge in [0.2, 0.25) is 11.8 Å². The highest BCUT2D eigenvalue weighted by atomic mass is 16.2. The number of nitrogens with two attached hydrogens (primary N) is 1. The van der Waals surface area contributed by atoms with E-state index >= 15 is 0 Å². The fourth-order valence-corrected chi connectivity index (χ4v) is 1.15. The molecular formula is C12H15N2O2. The van der Waals surface area contributed by atoms with Crippen LogP contribution in [0.2, 0.25) is 0 Å². The molecule has 4 nitrogen and oxygen atoms in total. The number of hydrogen-bond donors (Lipinski definition) is 2. The maximum absolute atomic E-state index is 11.4. The zero-order chi connectivity index (χ0) is 12.0. The molecule has 4 heteroatoms. The molecule has 2 amide bonds. The fourth-order valence-electron chi connectivity index (χ4n) is 1.15. The monoisotopic (exact) mass is 219 g/mol. The molecule has 0 aromatic heterocycles. The first-order chi connectivity index (χ1) is 7.59. The standard InChI is InChI=1S/C12H15N2O2/c1-9(12(13)16)7-11(15)14-8-10-5-3-2-4-6-10/h2-7,9H,8H2,1H3,(H2,13,16)(H,14,15). The van der Waals surface area contributed by atoms with Crippen LogP contribution in [-0.2, 0) is 16.1 Å². The molecule has 1 radical (unpaired) electrons. The van der Waals surface area contributed by atoms with Gasteiger partial charge in [-0.05, 0) is 5.56 Å². The molecule has 0 bridgehead atoms. The van der Waals surface area contributed by atoms with E-state index in [1.165, 1.54) is 6.42 Å². The lowest BCUT2D eigenvalue weighted by molar-refractivity contribution is -0.124. The van der Waals surface area contributed by atoms with Crippen LogP contribution in [0.3, 0.4) is 0 Å². The average Bonchev–Trinajstić information content (AvgIpc) is 2.27. The summed E-state index contributed by atoms with van der Waals surface area (Å²) in [5, 5.41) is 2.68. The van der Waals surface area contributed by atoms with Crippen molar-refractivity contribution in [3.63, 3.8) is 0 Å². The zero-order valence-electron chi connectivity index (χ0n) is 9.14. The number of hydrogen-bond acceptors (Lipinski definition) is 2. The summed E-state index contributed by atoms with van der Waals surface area (Å²) in [4.78, 5) is 22.1. The Kier molecular flexibility index (Phi) is 4.51. The maximum Gasteiger partial charge on any atom is 0.225 e. The predicted molar refractivity (Wildman–Crippen MR) is 60.9 cm³/mol. The minimum Gasteiger partial charge on any atom is -0.369 e. The second-order valence-electron chi connectivity index (χ2n) is 3.56. The Balaban J connectivity index is 2.33. The molecule has 1 aromatic rings. The average molecular weight is 219 g/mol.